The predicted octanol–water partition coefficient (Wildman–Crippen LogP) is 3.20. The molecule has 3 nitrogen and oxygen atoms in total. The van der Waals surface area contributed by atoms with E-state index in [1.807, 2.05) is 24.3 Å². The Balaban J connectivity index is 2.14. The molecule has 0 bridgehead atoms. The maximum atomic E-state index is 12.7. The van der Waals surface area contributed by atoms with Crippen molar-refractivity contribution in [3.63, 3.8) is 0 Å². The van der Waals surface area contributed by atoms with Gasteiger partial charge in [0, 0.05) is 26.3 Å². The Morgan fingerprint density at radius 1 is 1.10 bits per heavy atom. The first-order valence-corrected chi connectivity index (χ1v) is 6.42. The Bertz CT molecular complexity index is 594. The van der Waals surface area contributed by atoms with Crippen molar-refractivity contribution in [2.24, 2.45) is 5.73 Å². The van der Waals surface area contributed by atoms with E-state index in [0.29, 0.717) is 13.1 Å². The number of aromatic nitrogens is 1. The van der Waals surface area contributed by atoms with Gasteiger partial charge in [0.05, 0.1) is 5.56 Å². The van der Waals surface area contributed by atoms with Crippen LogP contribution in [0, 0.1) is 0 Å². The first-order valence-electron chi connectivity index (χ1n) is 6.42. The molecule has 112 valence electrons. The molecule has 1 aromatic carbocycles. The normalized spacial score (nSPS) is 11.5. The SMILES string of the molecule is CN(Cc1ccc(CN)cc1)c1cc(C(F)(F)F)ccn1. The minimum Gasteiger partial charge on any atom is -0.355 e. The molecule has 0 aliphatic rings. The van der Waals surface area contributed by atoms with Crippen LogP contribution in [-0.4, -0.2) is 12.0 Å². The quantitative estimate of drug-likeness (QED) is 0.942. The Kier molecular flexibility index (Phi) is 4.47. The lowest BCUT2D eigenvalue weighted by molar-refractivity contribution is -0.137. The zero-order valence-electron chi connectivity index (χ0n) is 11.6. The van der Waals surface area contributed by atoms with Crippen LogP contribution in [0.4, 0.5) is 19.0 Å². The topological polar surface area (TPSA) is 42.1 Å². The van der Waals surface area contributed by atoms with Gasteiger partial charge in [0.1, 0.15) is 5.82 Å². The fraction of sp³-hybridized carbons (Fsp3) is 0.267. The number of hydrogen-bond acceptors (Lipinski definition) is 3. The number of nitrogens with zero attached hydrogens (tertiary/aromatic N) is 2. The number of hydrogen-bond donors (Lipinski definition) is 1. The molecular formula is C15H16F3N3. The van der Waals surface area contributed by atoms with Gasteiger partial charge in [-0.05, 0) is 23.3 Å². The maximum absolute atomic E-state index is 12.7. The second kappa shape index (κ2) is 6.13. The van der Waals surface area contributed by atoms with Crippen LogP contribution in [0.15, 0.2) is 42.6 Å². The fourth-order valence-electron chi connectivity index (χ4n) is 1.94. The van der Waals surface area contributed by atoms with E-state index in [2.05, 4.69) is 4.98 Å². The molecule has 0 spiro atoms. The minimum atomic E-state index is -4.36. The molecule has 0 aliphatic carbocycles. The van der Waals surface area contributed by atoms with Gasteiger partial charge in [-0.25, -0.2) is 4.98 Å². The van der Waals surface area contributed by atoms with E-state index >= 15 is 0 Å². The van der Waals surface area contributed by atoms with E-state index in [-0.39, 0.29) is 5.82 Å². The molecule has 2 aromatic rings. The van der Waals surface area contributed by atoms with Gasteiger partial charge in [-0.1, -0.05) is 24.3 Å². The lowest BCUT2D eigenvalue weighted by atomic mass is 10.1. The number of alkyl halides is 3. The van der Waals surface area contributed by atoms with Crippen LogP contribution in [0.1, 0.15) is 16.7 Å². The molecule has 1 heterocycles. The van der Waals surface area contributed by atoms with Crippen molar-refractivity contribution in [3.05, 3.63) is 59.3 Å². The third-order valence-electron chi connectivity index (χ3n) is 3.14. The van der Waals surface area contributed by atoms with Crippen molar-refractivity contribution in [1.82, 2.24) is 4.98 Å². The summed E-state index contributed by atoms with van der Waals surface area (Å²) in [6, 6.07) is 9.64. The Morgan fingerprint density at radius 3 is 2.29 bits per heavy atom. The van der Waals surface area contributed by atoms with Gasteiger partial charge in [-0.2, -0.15) is 13.2 Å². The van der Waals surface area contributed by atoms with Gasteiger partial charge < -0.3 is 10.6 Å². The van der Waals surface area contributed by atoms with Crippen LogP contribution in [-0.2, 0) is 19.3 Å². The number of halogens is 3. The van der Waals surface area contributed by atoms with Crippen LogP contribution in [0.25, 0.3) is 0 Å². The molecule has 0 amide bonds. The Labute approximate surface area is 121 Å². The molecule has 0 saturated heterocycles. The van der Waals surface area contributed by atoms with Crippen molar-refractivity contribution >= 4 is 5.82 Å². The molecule has 1 aromatic heterocycles. The molecule has 0 aliphatic heterocycles. The molecule has 0 atom stereocenters. The van der Waals surface area contributed by atoms with E-state index in [1.54, 1.807) is 11.9 Å². The molecular weight excluding hydrogens is 279 g/mol. The van der Waals surface area contributed by atoms with E-state index in [1.165, 1.54) is 6.20 Å². The maximum Gasteiger partial charge on any atom is 0.416 e. The molecule has 6 heteroatoms. The zero-order chi connectivity index (χ0) is 15.5. The van der Waals surface area contributed by atoms with Crippen LogP contribution in [0.5, 0.6) is 0 Å². The molecule has 2 rings (SSSR count). The standard InChI is InChI=1S/C15H16F3N3/c1-21(10-12-4-2-11(9-19)3-5-12)14-8-13(6-7-20-14)15(16,17)18/h2-8H,9-10,19H2,1H3. The lowest BCUT2D eigenvalue weighted by Gasteiger charge is -2.19. The summed E-state index contributed by atoms with van der Waals surface area (Å²) in [5.41, 5.74) is 6.82. The first-order chi connectivity index (χ1) is 9.90. The summed E-state index contributed by atoms with van der Waals surface area (Å²) < 4.78 is 38.1. The van der Waals surface area contributed by atoms with E-state index in [4.69, 9.17) is 5.73 Å². The van der Waals surface area contributed by atoms with Crippen LogP contribution in [0.3, 0.4) is 0 Å². The fourth-order valence-corrected chi connectivity index (χ4v) is 1.94. The van der Waals surface area contributed by atoms with Crippen molar-refractivity contribution in [2.45, 2.75) is 19.3 Å². The van der Waals surface area contributed by atoms with E-state index in [9.17, 15) is 13.2 Å². The number of anilines is 1. The Morgan fingerprint density at radius 2 is 1.71 bits per heavy atom. The number of benzene rings is 1. The first kappa shape index (κ1) is 15.3. The van der Waals surface area contributed by atoms with Gasteiger partial charge in [-0.15, -0.1) is 0 Å². The molecule has 2 N–H and O–H groups in total. The smallest absolute Gasteiger partial charge is 0.355 e. The van der Waals surface area contributed by atoms with Gasteiger partial charge in [0.15, 0.2) is 0 Å². The van der Waals surface area contributed by atoms with Crippen molar-refractivity contribution in [3.8, 4) is 0 Å². The summed E-state index contributed by atoms with van der Waals surface area (Å²) in [6.07, 6.45) is -3.19. The monoisotopic (exact) mass is 295 g/mol. The highest BCUT2D eigenvalue weighted by atomic mass is 19.4. The average molecular weight is 295 g/mol. The Hall–Kier alpha value is -2.08. The van der Waals surface area contributed by atoms with Crippen LogP contribution < -0.4 is 10.6 Å². The van der Waals surface area contributed by atoms with E-state index < -0.39 is 11.7 Å². The van der Waals surface area contributed by atoms with Crippen LogP contribution in [0.2, 0.25) is 0 Å². The summed E-state index contributed by atoms with van der Waals surface area (Å²) in [5, 5.41) is 0. The summed E-state index contributed by atoms with van der Waals surface area (Å²) in [5.74, 6) is 0.285. The van der Waals surface area contributed by atoms with Crippen LogP contribution >= 0.6 is 0 Å². The largest absolute Gasteiger partial charge is 0.416 e. The zero-order valence-corrected chi connectivity index (χ0v) is 11.6. The van der Waals surface area contributed by atoms with Gasteiger partial charge in [0.25, 0.3) is 0 Å². The second-order valence-electron chi connectivity index (χ2n) is 4.78. The number of nitrogens with two attached hydrogens (primary N) is 1. The summed E-state index contributed by atoms with van der Waals surface area (Å²) in [7, 11) is 1.71. The minimum absolute atomic E-state index is 0.285. The highest BCUT2D eigenvalue weighted by molar-refractivity contribution is 5.42. The lowest BCUT2D eigenvalue weighted by Crippen LogP contribution is -2.18. The summed E-state index contributed by atoms with van der Waals surface area (Å²) in [6.45, 7) is 0.935. The highest BCUT2D eigenvalue weighted by Crippen LogP contribution is 2.30. The van der Waals surface area contributed by atoms with E-state index in [0.717, 1.165) is 23.3 Å². The molecule has 0 fully saturated rings. The molecule has 0 saturated carbocycles. The van der Waals surface area contributed by atoms with Gasteiger partial charge >= 0.3 is 6.18 Å². The highest BCUT2D eigenvalue weighted by Gasteiger charge is 2.31. The van der Waals surface area contributed by atoms with Gasteiger partial charge in [-0.3, -0.25) is 0 Å². The predicted molar refractivity (Wildman–Crippen MR) is 75.7 cm³/mol. The molecule has 0 unspecified atom stereocenters. The third-order valence-corrected chi connectivity index (χ3v) is 3.14. The van der Waals surface area contributed by atoms with Gasteiger partial charge in [0.2, 0.25) is 0 Å². The third kappa shape index (κ3) is 3.95. The molecule has 0 radical (unpaired) electrons. The summed E-state index contributed by atoms with van der Waals surface area (Å²) in [4.78, 5) is 5.66. The van der Waals surface area contributed by atoms with Crippen molar-refractivity contribution < 1.29 is 13.2 Å². The van der Waals surface area contributed by atoms with Crippen molar-refractivity contribution in [2.75, 3.05) is 11.9 Å². The average Bonchev–Trinajstić information content (AvgIpc) is 2.47. The molecule has 21 heavy (non-hydrogen) atoms. The second-order valence-corrected chi connectivity index (χ2v) is 4.78. The van der Waals surface area contributed by atoms with Crippen molar-refractivity contribution in [1.29, 1.82) is 0 Å². The number of pyridine rings is 1. The number of rotatable bonds is 4. The summed E-state index contributed by atoms with van der Waals surface area (Å²) >= 11 is 0.